The summed E-state index contributed by atoms with van der Waals surface area (Å²) in [5.41, 5.74) is 6.99. The second-order valence-electron chi connectivity index (χ2n) is 5.67. The Labute approximate surface area is 120 Å². The molecule has 0 aliphatic carbocycles. The summed E-state index contributed by atoms with van der Waals surface area (Å²) in [6.45, 7) is 1.54. The lowest BCUT2D eigenvalue weighted by atomic mass is 10.1. The van der Waals surface area contributed by atoms with Gasteiger partial charge >= 0.3 is 0 Å². The van der Waals surface area contributed by atoms with Gasteiger partial charge in [0.15, 0.2) is 0 Å². The maximum Gasteiger partial charge on any atom is 0.239 e. The van der Waals surface area contributed by atoms with Crippen LogP contribution in [0.2, 0.25) is 0 Å². The molecule has 1 aromatic rings. The van der Waals surface area contributed by atoms with Crippen molar-refractivity contribution in [2.45, 2.75) is 24.9 Å². The standard InChI is InChI=1S/C15H23N3O2/c1-17(2)12-7-8-18(10-12)15(20)14(16)9-11-3-5-13(19)6-4-11/h3-6,12,14,19H,7-10,16H2,1-2H3/t12?,14-/m1/s1. The van der Waals surface area contributed by atoms with Crippen molar-refractivity contribution >= 4 is 5.91 Å². The van der Waals surface area contributed by atoms with Gasteiger partial charge in [-0.3, -0.25) is 4.79 Å². The quantitative estimate of drug-likeness (QED) is 0.837. The van der Waals surface area contributed by atoms with Crippen LogP contribution in [0, 0.1) is 0 Å². The number of likely N-dealkylation sites (N-methyl/N-ethyl adjacent to an activating group) is 1. The zero-order chi connectivity index (χ0) is 14.7. The molecule has 1 aliphatic rings. The second-order valence-corrected chi connectivity index (χ2v) is 5.67. The van der Waals surface area contributed by atoms with Gasteiger partial charge in [-0.15, -0.1) is 0 Å². The molecule has 1 aliphatic heterocycles. The molecule has 20 heavy (non-hydrogen) atoms. The van der Waals surface area contributed by atoms with Crippen molar-refractivity contribution < 1.29 is 9.90 Å². The number of amides is 1. The molecule has 0 spiro atoms. The molecule has 0 saturated carbocycles. The summed E-state index contributed by atoms with van der Waals surface area (Å²) in [5.74, 6) is 0.240. The third kappa shape index (κ3) is 3.49. The molecule has 0 aromatic heterocycles. The fourth-order valence-electron chi connectivity index (χ4n) is 2.57. The minimum atomic E-state index is -0.513. The summed E-state index contributed by atoms with van der Waals surface area (Å²) in [4.78, 5) is 16.3. The fraction of sp³-hybridized carbons (Fsp3) is 0.533. The van der Waals surface area contributed by atoms with Crippen LogP contribution in [0.1, 0.15) is 12.0 Å². The molecular weight excluding hydrogens is 254 g/mol. The molecule has 2 atom stereocenters. The number of hydrogen-bond acceptors (Lipinski definition) is 4. The first-order valence-corrected chi connectivity index (χ1v) is 6.96. The molecule has 2 rings (SSSR count). The number of benzene rings is 1. The minimum absolute atomic E-state index is 0.0161. The molecule has 1 aromatic carbocycles. The number of carbonyl (C=O) groups is 1. The Balaban J connectivity index is 1.91. The molecule has 110 valence electrons. The average molecular weight is 277 g/mol. The number of rotatable bonds is 4. The van der Waals surface area contributed by atoms with E-state index in [1.165, 1.54) is 0 Å². The average Bonchev–Trinajstić information content (AvgIpc) is 2.90. The zero-order valence-corrected chi connectivity index (χ0v) is 12.1. The number of phenolic OH excluding ortho intramolecular Hbond substituents is 1. The number of phenols is 1. The van der Waals surface area contributed by atoms with E-state index in [4.69, 9.17) is 5.73 Å². The largest absolute Gasteiger partial charge is 0.508 e. The number of hydrogen-bond donors (Lipinski definition) is 2. The maximum atomic E-state index is 12.3. The highest BCUT2D eigenvalue weighted by molar-refractivity contribution is 5.82. The monoisotopic (exact) mass is 277 g/mol. The number of aromatic hydroxyl groups is 1. The van der Waals surface area contributed by atoms with Crippen LogP contribution < -0.4 is 5.73 Å². The first kappa shape index (κ1) is 14.8. The van der Waals surface area contributed by atoms with Gasteiger partial charge in [0.05, 0.1) is 6.04 Å². The summed E-state index contributed by atoms with van der Waals surface area (Å²) in [6.07, 6.45) is 1.51. The highest BCUT2D eigenvalue weighted by atomic mass is 16.3. The van der Waals surface area contributed by atoms with Crippen molar-refractivity contribution in [2.24, 2.45) is 5.73 Å². The van der Waals surface area contributed by atoms with Gasteiger partial charge in [0.2, 0.25) is 5.91 Å². The minimum Gasteiger partial charge on any atom is -0.508 e. The molecule has 1 unspecified atom stereocenters. The molecule has 5 heteroatoms. The number of carbonyl (C=O) groups excluding carboxylic acids is 1. The van der Waals surface area contributed by atoms with Gasteiger partial charge in [-0.1, -0.05) is 12.1 Å². The molecule has 1 heterocycles. The Hall–Kier alpha value is -1.59. The SMILES string of the molecule is CN(C)C1CCN(C(=O)[C@H](N)Cc2ccc(O)cc2)C1. The molecule has 1 saturated heterocycles. The van der Waals surface area contributed by atoms with E-state index in [0.717, 1.165) is 25.1 Å². The normalized spacial score (nSPS) is 20.4. The van der Waals surface area contributed by atoms with E-state index in [-0.39, 0.29) is 11.7 Å². The van der Waals surface area contributed by atoms with Crippen LogP contribution in [-0.2, 0) is 11.2 Å². The lowest BCUT2D eigenvalue weighted by Crippen LogP contribution is -2.45. The zero-order valence-electron chi connectivity index (χ0n) is 12.1. The highest BCUT2D eigenvalue weighted by Crippen LogP contribution is 2.16. The molecule has 0 bridgehead atoms. The topological polar surface area (TPSA) is 69.8 Å². The summed E-state index contributed by atoms with van der Waals surface area (Å²) in [5, 5.41) is 9.24. The van der Waals surface area contributed by atoms with E-state index in [9.17, 15) is 9.90 Å². The predicted octanol–water partition coefficient (Wildman–Crippen LogP) is 0.425. The van der Waals surface area contributed by atoms with E-state index in [0.29, 0.717) is 12.5 Å². The summed E-state index contributed by atoms with van der Waals surface area (Å²) >= 11 is 0. The van der Waals surface area contributed by atoms with Gasteiger partial charge in [-0.2, -0.15) is 0 Å². The van der Waals surface area contributed by atoms with E-state index < -0.39 is 6.04 Å². The van der Waals surface area contributed by atoms with Gasteiger partial charge in [-0.05, 0) is 44.6 Å². The first-order chi connectivity index (χ1) is 9.47. The van der Waals surface area contributed by atoms with Gasteiger partial charge in [0, 0.05) is 19.1 Å². The summed E-state index contributed by atoms with van der Waals surface area (Å²) in [6, 6.07) is 6.75. The molecule has 1 fully saturated rings. The molecule has 1 amide bonds. The summed E-state index contributed by atoms with van der Waals surface area (Å²) in [7, 11) is 4.07. The van der Waals surface area contributed by atoms with Crippen LogP contribution in [-0.4, -0.2) is 60.1 Å². The second kappa shape index (κ2) is 6.24. The number of likely N-dealkylation sites (tertiary alicyclic amines) is 1. The third-order valence-corrected chi connectivity index (χ3v) is 3.91. The molecular formula is C15H23N3O2. The van der Waals surface area contributed by atoms with Crippen LogP contribution in [0.25, 0.3) is 0 Å². The number of nitrogens with zero attached hydrogens (tertiary/aromatic N) is 2. The maximum absolute atomic E-state index is 12.3. The lowest BCUT2D eigenvalue weighted by Gasteiger charge is -2.23. The van der Waals surface area contributed by atoms with Crippen LogP contribution >= 0.6 is 0 Å². The Kier molecular flexibility index (Phi) is 4.62. The first-order valence-electron chi connectivity index (χ1n) is 6.96. The lowest BCUT2D eigenvalue weighted by molar-refractivity contribution is -0.131. The molecule has 5 nitrogen and oxygen atoms in total. The predicted molar refractivity (Wildman–Crippen MR) is 78.5 cm³/mol. The van der Waals surface area contributed by atoms with E-state index in [1.807, 2.05) is 19.0 Å². The van der Waals surface area contributed by atoms with E-state index in [2.05, 4.69) is 4.90 Å². The molecule has 3 N–H and O–H groups in total. The van der Waals surface area contributed by atoms with Crippen LogP contribution in [0.4, 0.5) is 0 Å². The van der Waals surface area contributed by atoms with Gasteiger partial charge < -0.3 is 20.6 Å². The highest BCUT2D eigenvalue weighted by Gasteiger charge is 2.30. The van der Waals surface area contributed by atoms with Crippen molar-refractivity contribution in [3.05, 3.63) is 29.8 Å². The molecule has 0 radical (unpaired) electrons. The van der Waals surface area contributed by atoms with Crippen molar-refractivity contribution in [1.29, 1.82) is 0 Å². The van der Waals surface area contributed by atoms with Gasteiger partial charge in [0.1, 0.15) is 5.75 Å². The Morgan fingerprint density at radius 2 is 2.10 bits per heavy atom. The van der Waals surface area contributed by atoms with Crippen LogP contribution in [0.5, 0.6) is 5.75 Å². The Morgan fingerprint density at radius 1 is 1.45 bits per heavy atom. The van der Waals surface area contributed by atoms with Gasteiger partial charge in [0.25, 0.3) is 0 Å². The van der Waals surface area contributed by atoms with E-state index >= 15 is 0 Å². The van der Waals surface area contributed by atoms with Crippen molar-refractivity contribution in [2.75, 3.05) is 27.2 Å². The van der Waals surface area contributed by atoms with Crippen molar-refractivity contribution in [3.8, 4) is 5.75 Å². The Morgan fingerprint density at radius 3 is 2.65 bits per heavy atom. The number of nitrogens with two attached hydrogens (primary N) is 1. The van der Waals surface area contributed by atoms with Gasteiger partial charge in [-0.25, -0.2) is 0 Å². The fourth-order valence-corrected chi connectivity index (χ4v) is 2.57. The summed E-state index contributed by atoms with van der Waals surface area (Å²) < 4.78 is 0. The van der Waals surface area contributed by atoms with Crippen LogP contribution in [0.3, 0.4) is 0 Å². The third-order valence-electron chi connectivity index (χ3n) is 3.91. The van der Waals surface area contributed by atoms with Crippen LogP contribution in [0.15, 0.2) is 24.3 Å². The smallest absolute Gasteiger partial charge is 0.239 e. The Bertz CT molecular complexity index is 459. The van der Waals surface area contributed by atoms with Crippen molar-refractivity contribution in [1.82, 2.24) is 9.80 Å². The van der Waals surface area contributed by atoms with Crippen molar-refractivity contribution in [3.63, 3.8) is 0 Å². The van der Waals surface area contributed by atoms with E-state index in [1.54, 1.807) is 24.3 Å².